The summed E-state index contributed by atoms with van der Waals surface area (Å²) in [5, 5.41) is 1.07. The lowest BCUT2D eigenvalue weighted by atomic mass is 10.1. The highest BCUT2D eigenvalue weighted by atomic mass is 16.5. The minimum absolute atomic E-state index is 0.724. The van der Waals surface area contributed by atoms with Gasteiger partial charge in [-0.2, -0.15) is 0 Å². The van der Waals surface area contributed by atoms with Crippen LogP contribution in [0.3, 0.4) is 0 Å². The van der Waals surface area contributed by atoms with Crippen molar-refractivity contribution in [3.05, 3.63) is 60.7 Å². The first kappa shape index (κ1) is 12.7. The van der Waals surface area contributed by atoms with Crippen LogP contribution in [0.1, 0.15) is 13.3 Å². The number of pyridine rings is 1. The van der Waals surface area contributed by atoms with E-state index < -0.39 is 0 Å². The number of hydrogen-bond donors (Lipinski definition) is 0. The lowest BCUT2D eigenvalue weighted by Crippen LogP contribution is -1.97. The van der Waals surface area contributed by atoms with Gasteiger partial charge in [-0.15, -0.1) is 0 Å². The number of benzene rings is 2. The molecule has 100 valence electrons. The second-order valence-corrected chi connectivity index (χ2v) is 4.74. The second-order valence-electron chi connectivity index (χ2n) is 4.74. The van der Waals surface area contributed by atoms with Crippen LogP contribution < -0.4 is 4.74 Å². The molecular weight excluding hydrogens is 246 g/mol. The van der Waals surface area contributed by atoms with Crippen molar-refractivity contribution in [3.63, 3.8) is 0 Å². The molecule has 0 N–H and O–H groups in total. The summed E-state index contributed by atoms with van der Waals surface area (Å²) >= 11 is 0. The van der Waals surface area contributed by atoms with Gasteiger partial charge in [-0.1, -0.05) is 49.4 Å². The van der Waals surface area contributed by atoms with Crippen molar-refractivity contribution < 1.29 is 4.74 Å². The third-order valence-corrected chi connectivity index (χ3v) is 3.21. The fraction of sp³-hybridized carbons (Fsp3) is 0.167. The molecule has 0 aliphatic heterocycles. The Morgan fingerprint density at radius 1 is 0.950 bits per heavy atom. The van der Waals surface area contributed by atoms with Gasteiger partial charge in [-0.3, -0.25) is 0 Å². The molecule has 2 nitrogen and oxygen atoms in total. The van der Waals surface area contributed by atoms with Gasteiger partial charge in [0.1, 0.15) is 5.75 Å². The van der Waals surface area contributed by atoms with Gasteiger partial charge in [0.15, 0.2) is 0 Å². The maximum absolute atomic E-state index is 5.89. The first-order valence-corrected chi connectivity index (χ1v) is 6.96. The minimum atomic E-state index is 0.724. The van der Waals surface area contributed by atoms with E-state index >= 15 is 0 Å². The maximum atomic E-state index is 5.89. The smallest absolute Gasteiger partial charge is 0.130 e. The molecule has 1 aromatic heterocycles. The highest BCUT2D eigenvalue weighted by Gasteiger charge is 2.07. The fourth-order valence-electron chi connectivity index (χ4n) is 2.23. The Labute approximate surface area is 119 Å². The summed E-state index contributed by atoms with van der Waals surface area (Å²) in [6, 6.07) is 20.4. The Hall–Kier alpha value is -2.35. The molecular formula is C18H17NO. The van der Waals surface area contributed by atoms with Crippen LogP contribution in [0.15, 0.2) is 60.7 Å². The van der Waals surface area contributed by atoms with Crippen molar-refractivity contribution >= 4 is 10.9 Å². The molecule has 1 heterocycles. The summed E-state index contributed by atoms with van der Waals surface area (Å²) in [6.07, 6.45) is 0.997. The Morgan fingerprint density at radius 2 is 1.70 bits per heavy atom. The van der Waals surface area contributed by atoms with E-state index in [-0.39, 0.29) is 0 Å². The predicted molar refractivity (Wildman–Crippen MR) is 83.0 cm³/mol. The summed E-state index contributed by atoms with van der Waals surface area (Å²) in [6.45, 7) is 2.84. The Kier molecular flexibility index (Phi) is 3.64. The number of para-hydroxylation sites is 1. The fourth-order valence-corrected chi connectivity index (χ4v) is 2.23. The molecule has 0 spiro atoms. The summed E-state index contributed by atoms with van der Waals surface area (Å²) in [5.74, 6) is 0.913. The molecule has 0 amide bonds. The van der Waals surface area contributed by atoms with E-state index in [1.54, 1.807) is 0 Å². The molecule has 2 aromatic carbocycles. The largest absolute Gasteiger partial charge is 0.493 e. The van der Waals surface area contributed by atoms with Crippen LogP contribution in [-0.2, 0) is 0 Å². The van der Waals surface area contributed by atoms with Gasteiger partial charge >= 0.3 is 0 Å². The van der Waals surface area contributed by atoms with E-state index in [2.05, 4.69) is 25.1 Å². The summed E-state index contributed by atoms with van der Waals surface area (Å²) < 4.78 is 5.89. The van der Waals surface area contributed by atoms with E-state index in [1.165, 1.54) is 0 Å². The molecule has 0 atom stereocenters. The summed E-state index contributed by atoms with van der Waals surface area (Å²) in [7, 11) is 0. The monoisotopic (exact) mass is 263 g/mol. The van der Waals surface area contributed by atoms with Crippen LogP contribution in [0, 0.1) is 0 Å². The molecule has 0 fully saturated rings. The predicted octanol–water partition coefficient (Wildman–Crippen LogP) is 4.69. The second kappa shape index (κ2) is 5.74. The highest BCUT2D eigenvalue weighted by molar-refractivity contribution is 5.87. The van der Waals surface area contributed by atoms with Gasteiger partial charge in [0.05, 0.1) is 17.8 Å². The van der Waals surface area contributed by atoms with Crippen LogP contribution >= 0.6 is 0 Å². The van der Waals surface area contributed by atoms with Crippen molar-refractivity contribution in [1.82, 2.24) is 4.98 Å². The number of ether oxygens (including phenoxy) is 1. The Balaban J connectivity index is 2.14. The van der Waals surface area contributed by atoms with Gasteiger partial charge in [0, 0.05) is 17.0 Å². The van der Waals surface area contributed by atoms with Crippen LogP contribution in [0.25, 0.3) is 22.2 Å². The molecule has 3 rings (SSSR count). The third kappa shape index (κ3) is 2.50. The van der Waals surface area contributed by atoms with Crippen molar-refractivity contribution in [1.29, 1.82) is 0 Å². The standard InChI is InChI=1S/C18H17NO/c1-2-12-20-18-13-17(14-8-4-3-5-9-14)19-16-11-7-6-10-15(16)18/h3-11,13H,2,12H2,1H3. The topological polar surface area (TPSA) is 22.1 Å². The summed E-state index contributed by atoms with van der Waals surface area (Å²) in [5.41, 5.74) is 3.04. The van der Waals surface area contributed by atoms with Crippen LogP contribution in [0.5, 0.6) is 5.75 Å². The number of nitrogens with zero attached hydrogens (tertiary/aromatic N) is 1. The molecule has 20 heavy (non-hydrogen) atoms. The highest BCUT2D eigenvalue weighted by Crippen LogP contribution is 2.29. The van der Waals surface area contributed by atoms with Crippen LogP contribution in [0.2, 0.25) is 0 Å². The van der Waals surface area contributed by atoms with E-state index in [0.29, 0.717) is 0 Å². The molecule has 0 aliphatic rings. The number of rotatable bonds is 4. The van der Waals surface area contributed by atoms with Gasteiger partial charge < -0.3 is 4.74 Å². The molecule has 0 aliphatic carbocycles. The van der Waals surface area contributed by atoms with Crippen molar-refractivity contribution in [2.75, 3.05) is 6.61 Å². The van der Waals surface area contributed by atoms with Crippen molar-refractivity contribution in [3.8, 4) is 17.0 Å². The lowest BCUT2D eigenvalue weighted by molar-refractivity contribution is 0.321. The first-order chi connectivity index (χ1) is 9.88. The average molecular weight is 263 g/mol. The van der Waals surface area contributed by atoms with E-state index in [1.807, 2.05) is 42.5 Å². The van der Waals surface area contributed by atoms with Crippen molar-refractivity contribution in [2.45, 2.75) is 13.3 Å². The van der Waals surface area contributed by atoms with Gasteiger partial charge in [0.25, 0.3) is 0 Å². The normalized spacial score (nSPS) is 10.7. The maximum Gasteiger partial charge on any atom is 0.130 e. The minimum Gasteiger partial charge on any atom is -0.493 e. The van der Waals surface area contributed by atoms with Crippen LogP contribution in [-0.4, -0.2) is 11.6 Å². The van der Waals surface area contributed by atoms with E-state index in [4.69, 9.17) is 9.72 Å². The lowest BCUT2D eigenvalue weighted by Gasteiger charge is -2.11. The molecule has 0 bridgehead atoms. The Morgan fingerprint density at radius 3 is 2.50 bits per heavy atom. The van der Waals surface area contributed by atoms with E-state index in [0.717, 1.165) is 40.9 Å². The molecule has 0 radical (unpaired) electrons. The third-order valence-electron chi connectivity index (χ3n) is 3.21. The SMILES string of the molecule is CCCOc1cc(-c2ccccc2)nc2ccccc12. The zero-order valence-corrected chi connectivity index (χ0v) is 11.5. The quantitative estimate of drug-likeness (QED) is 0.681. The molecule has 3 aromatic rings. The zero-order valence-electron chi connectivity index (χ0n) is 11.5. The van der Waals surface area contributed by atoms with Gasteiger partial charge in [-0.05, 0) is 18.6 Å². The van der Waals surface area contributed by atoms with E-state index in [9.17, 15) is 0 Å². The molecule has 0 unspecified atom stereocenters. The van der Waals surface area contributed by atoms with Gasteiger partial charge in [-0.25, -0.2) is 4.98 Å². The molecule has 0 saturated carbocycles. The van der Waals surface area contributed by atoms with Crippen molar-refractivity contribution in [2.24, 2.45) is 0 Å². The zero-order chi connectivity index (χ0) is 13.8. The summed E-state index contributed by atoms with van der Waals surface area (Å²) in [4.78, 5) is 4.73. The van der Waals surface area contributed by atoms with Gasteiger partial charge in [0.2, 0.25) is 0 Å². The molecule has 2 heteroatoms. The average Bonchev–Trinajstić information content (AvgIpc) is 2.53. The number of aromatic nitrogens is 1. The number of fused-ring (bicyclic) bond motifs is 1. The number of hydrogen-bond acceptors (Lipinski definition) is 2. The Bertz CT molecular complexity index is 707. The molecule has 0 saturated heterocycles. The first-order valence-electron chi connectivity index (χ1n) is 6.96. The van der Waals surface area contributed by atoms with Crippen LogP contribution in [0.4, 0.5) is 0 Å².